The van der Waals surface area contributed by atoms with Crippen molar-refractivity contribution in [2.45, 2.75) is 25.9 Å². The van der Waals surface area contributed by atoms with Crippen LogP contribution in [0.2, 0.25) is 5.02 Å². The average molecular weight is 285 g/mol. The van der Waals surface area contributed by atoms with Gasteiger partial charge in [0.05, 0.1) is 12.6 Å². The van der Waals surface area contributed by atoms with Gasteiger partial charge in [0.25, 0.3) is 0 Å². The summed E-state index contributed by atoms with van der Waals surface area (Å²) in [7, 11) is 0. The van der Waals surface area contributed by atoms with E-state index in [-0.39, 0.29) is 12.5 Å². The van der Waals surface area contributed by atoms with Crippen molar-refractivity contribution in [2.75, 3.05) is 19.6 Å². The number of aliphatic hydroxyl groups is 1. The molecule has 1 aromatic carbocycles. The second kappa shape index (κ2) is 8.15. The van der Waals surface area contributed by atoms with E-state index in [1.807, 2.05) is 17.0 Å². The highest BCUT2D eigenvalue weighted by atomic mass is 35.5. The monoisotopic (exact) mass is 284 g/mol. The van der Waals surface area contributed by atoms with Crippen LogP contribution in [-0.4, -0.2) is 35.5 Å². The maximum Gasteiger partial charge on any atom is 0.231 e. The smallest absolute Gasteiger partial charge is 0.231 e. The van der Waals surface area contributed by atoms with E-state index in [1.165, 1.54) is 0 Å². The van der Waals surface area contributed by atoms with Crippen LogP contribution in [-0.2, 0) is 4.79 Å². The van der Waals surface area contributed by atoms with Crippen molar-refractivity contribution in [3.8, 4) is 0 Å². The van der Waals surface area contributed by atoms with E-state index in [0.717, 1.165) is 19.4 Å². The van der Waals surface area contributed by atoms with Gasteiger partial charge in [-0.2, -0.15) is 0 Å². The molecule has 5 heteroatoms. The van der Waals surface area contributed by atoms with Crippen molar-refractivity contribution >= 4 is 17.5 Å². The van der Waals surface area contributed by atoms with Gasteiger partial charge in [0.2, 0.25) is 5.91 Å². The number of nitrogens with two attached hydrogens (primary N) is 1. The minimum absolute atomic E-state index is 0.154. The molecular weight excluding hydrogens is 264 g/mol. The summed E-state index contributed by atoms with van der Waals surface area (Å²) in [5.74, 6) is -0.387. The fourth-order valence-electron chi connectivity index (χ4n) is 1.93. The summed E-state index contributed by atoms with van der Waals surface area (Å²) in [4.78, 5) is 12.9. The normalized spacial score (nSPS) is 12.6. The van der Waals surface area contributed by atoms with E-state index in [4.69, 9.17) is 17.3 Å². The predicted octanol–water partition coefficient (Wildman–Crippen LogP) is 1.96. The van der Waals surface area contributed by atoms with Gasteiger partial charge in [-0.25, -0.2) is 0 Å². The third-order valence-electron chi connectivity index (χ3n) is 2.90. The van der Waals surface area contributed by atoms with Crippen LogP contribution in [0.1, 0.15) is 31.4 Å². The highest BCUT2D eigenvalue weighted by Crippen LogP contribution is 2.23. The largest absolute Gasteiger partial charge is 0.387 e. The lowest BCUT2D eigenvalue weighted by molar-refractivity contribution is -0.119. The molecule has 106 valence electrons. The van der Waals surface area contributed by atoms with E-state index in [0.29, 0.717) is 17.1 Å². The van der Waals surface area contributed by atoms with Gasteiger partial charge in [0, 0.05) is 17.1 Å². The van der Waals surface area contributed by atoms with E-state index in [1.54, 1.807) is 12.1 Å². The standard InChI is InChI=1S/C14H21ClN2O2/c1-2-3-8-17(10-14(16)19)9-13(18)11-6-4-5-7-12(11)15/h4-7,13,18H,2-3,8-10H2,1H3,(H2,16,19). The van der Waals surface area contributed by atoms with E-state index in [9.17, 15) is 9.90 Å². The molecule has 3 N–H and O–H groups in total. The van der Waals surface area contributed by atoms with E-state index < -0.39 is 6.10 Å². The number of carbonyl (C=O) groups is 1. The minimum atomic E-state index is -0.718. The molecule has 0 saturated carbocycles. The van der Waals surface area contributed by atoms with Gasteiger partial charge < -0.3 is 10.8 Å². The van der Waals surface area contributed by atoms with Gasteiger partial charge in [0.1, 0.15) is 0 Å². The molecule has 0 radical (unpaired) electrons. The van der Waals surface area contributed by atoms with Gasteiger partial charge in [-0.1, -0.05) is 43.1 Å². The van der Waals surface area contributed by atoms with E-state index >= 15 is 0 Å². The van der Waals surface area contributed by atoms with Gasteiger partial charge in [-0.05, 0) is 19.0 Å². The number of hydrogen-bond acceptors (Lipinski definition) is 3. The van der Waals surface area contributed by atoms with E-state index in [2.05, 4.69) is 6.92 Å². The molecule has 0 fully saturated rings. The molecule has 1 atom stereocenters. The van der Waals surface area contributed by atoms with Crippen LogP contribution >= 0.6 is 11.6 Å². The van der Waals surface area contributed by atoms with Crippen molar-refractivity contribution in [1.29, 1.82) is 0 Å². The van der Waals surface area contributed by atoms with Crippen molar-refractivity contribution in [2.24, 2.45) is 5.73 Å². The number of aliphatic hydroxyl groups excluding tert-OH is 1. The third kappa shape index (κ3) is 5.59. The topological polar surface area (TPSA) is 66.6 Å². The Labute approximate surface area is 119 Å². The van der Waals surface area contributed by atoms with Crippen molar-refractivity contribution in [1.82, 2.24) is 4.90 Å². The molecular formula is C14H21ClN2O2. The molecule has 1 rings (SSSR count). The number of rotatable bonds is 8. The maximum absolute atomic E-state index is 11.0. The molecule has 1 amide bonds. The molecule has 0 aliphatic carbocycles. The number of halogens is 1. The lowest BCUT2D eigenvalue weighted by Crippen LogP contribution is -2.37. The average Bonchev–Trinajstić information content (AvgIpc) is 2.35. The SMILES string of the molecule is CCCCN(CC(N)=O)CC(O)c1ccccc1Cl. The Balaban J connectivity index is 2.66. The number of benzene rings is 1. The molecule has 1 unspecified atom stereocenters. The third-order valence-corrected chi connectivity index (χ3v) is 3.25. The quantitative estimate of drug-likeness (QED) is 0.767. The highest BCUT2D eigenvalue weighted by Gasteiger charge is 2.16. The van der Waals surface area contributed by atoms with Crippen LogP contribution in [0, 0.1) is 0 Å². The molecule has 0 saturated heterocycles. The summed E-state index contributed by atoms with van der Waals surface area (Å²) in [5.41, 5.74) is 5.90. The van der Waals surface area contributed by atoms with Gasteiger partial charge in [-0.3, -0.25) is 9.69 Å². The summed E-state index contributed by atoms with van der Waals surface area (Å²) < 4.78 is 0. The van der Waals surface area contributed by atoms with Gasteiger partial charge >= 0.3 is 0 Å². The Bertz CT molecular complexity index is 412. The molecule has 0 aliphatic rings. The van der Waals surface area contributed by atoms with Gasteiger partial charge in [-0.15, -0.1) is 0 Å². The first kappa shape index (κ1) is 16.0. The Kier molecular flexibility index (Phi) is 6.84. The highest BCUT2D eigenvalue weighted by molar-refractivity contribution is 6.31. The molecule has 0 spiro atoms. The van der Waals surface area contributed by atoms with Crippen LogP contribution < -0.4 is 5.73 Å². The number of primary amides is 1. The number of carbonyl (C=O) groups excluding carboxylic acids is 1. The number of hydrogen-bond donors (Lipinski definition) is 2. The molecule has 0 aliphatic heterocycles. The lowest BCUT2D eigenvalue weighted by Gasteiger charge is -2.24. The van der Waals surface area contributed by atoms with Crippen LogP contribution in [0.5, 0.6) is 0 Å². The zero-order valence-electron chi connectivity index (χ0n) is 11.2. The molecule has 0 aromatic heterocycles. The molecule has 0 heterocycles. The van der Waals surface area contributed by atoms with Crippen LogP contribution in [0.4, 0.5) is 0 Å². The summed E-state index contributed by atoms with van der Waals surface area (Å²) >= 11 is 6.04. The Morgan fingerprint density at radius 3 is 2.74 bits per heavy atom. The Morgan fingerprint density at radius 1 is 1.47 bits per heavy atom. The predicted molar refractivity (Wildman–Crippen MR) is 77.0 cm³/mol. The number of unbranched alkanes of at least 4 members (excludes halogenated alkanes) is 1. The molecule has 4 nitrogen and oxygen atoms in total. The fourth-order valence-corrected chi connectivity index (χ4v) is 2.19. The molecule has 1 aromatic rings. The fraction of sp³-hybridized carbons (Fsp3) is 0.500. The second-order valence-electron chi connectivity index (χ2n) is 4.59. The minimum Gasteiger partial charge on any atom is -0.387 e. The second-order valence-corrected chi connectivity index (χ2v) is 5.00. The Morgan fingerprint density at radius 2 is 2.16 bits per heavy atom. The van der Waals surface area contributed by atoms with Crippen molar-refractivity contribution in [3.05, 3.63) is 34.9 Å². The van der Waals surface area contributed by atoms with Crippen LogP contribution in [0.15, 0.2) is 24.3 Å². The zero-order valence-corrected chi connectivity index (χ0v) is 11.9. The summed E-state index contributed by atoms with van der Waals surface area (Å²) in [6.07, 6.45) is 1.27. The zero-order chi connectivity index (χ0) is 14.3. The summed E-state index contributed by atoms with van der Waals surface area (Å²) in [6, 6.07) is 7.17. The van der Waals surface area contributed by atoms with Gasteiger partial charge in [0.15, 0.2) is 0 Å². The number of amides is 1. The molecule has 0 bridgehead atoms. The first-order valence-electron chi connectivity index (χ1n) is 6.47. The maximum atomic E-state index is 11.0. The molecule has 19 heavy (non-hydrogen) atoms. The number of nitrogens with zero attached hydrogens (tertiary/aromatic N) is 1. The first-order chi connectivity index (χ1) is 9.04. The first-order valence-corrected chi connectivity index (χ1v) is 6.85. The van der Waals surface area contributed by atoms with Crippen LogP contribution in [0.25, 0.3) is 0 Å². The summed E-state index contributed by atoms with van der Waals surface area (Å²) in [6.45, 7) is 3.32. The van der Waals surface area contributed by atoms with Crippen molar-refractivity contribution < 1.29 is 9.90 Å². The summed E-state index contributed by atoms with van der Waals surface area (Å²) in [5, 5.41) is 10.7. The Hall–Kier alpha value is -1.10. The lowest BCUT2D eigenvalue weighted by atomic mass is 10.1. The van der Waals surface area contributed by atoms with Crippen molar-refractivity contribution in [3.63, 3.8) is 0 Å². The van der Waals surface area contributed by atoms with Crippen LogP contribution in [0.3, 0.4) is 0 Å².